The minimum Gasteiger partial charge on any atom is -0.478 e. The molecule has 6 nitrogen and oxygen atoms in total. The molecule has 0 aliphatic carbocycles. The van der Waals surface area contributed by atoms with Crippen LogP contribution < -0.4 is 9.46 Å². The van der Waals surface area contributed by atoms with Crippen molar-refractivity contribution >= 4 is 16.0 Å². The second kappa shape index (κ2) is 6.73. The second-order valence-electron chi connectivity index (χ2n) is 4.77. The van der Waals surface area contributed by atoms with Gasteiger partial charge >= 0.3 is 12.1 Å². The number of aromatic carboxylic acids is 1. The monoisotopic (exact) mass is 375 g/mol. The third kappa shape index (κ3) is 4.09. The molecule has 0 aliphatic heterocycles. The number of alkyl halides is 3. The highest BCUT2D eigenvalue weighted by Gasteiger charge is 2.31. The zero-order chi connectivity index (χ0) is 18.8. The van der Waals surface area contributed by atoms with Gasteiger partial charge in [-0.05, 0) is 37.4 Å². The van der Waals surface area contributed by atoms with Gasteiger partial charge in [0.25, 0.3) is 0 Å². The van der Waals surface area contributed by atoms with Crippen LogP contribution in [-0.2, 0) is 16.2 Å². The number of sulfonamides is 1. The summed E-state index contributed by atoms with van der Waals surface area (Å²) < 4.78 is 69.7. The summed E-state index contributed by atoms with van der Waals surface area (Å²) >= 11 is 0. The van der Waals surface area contributed by atoms with E-state index in [0.29, 0.717) is 6.07 Å². The zero-order valence-electron chi connectivity index (χ0n) is 12.7. The first kappa shape index (κ1) is 18.7. The lowest BCUT2D eigenvalue weighted by Gasteiger charge is -2.15. The Morgan fingerprint density at radius 2 is 1.80 bits per heavy atom. The first-order valence-corrected chi connectivity index (χ1v) is 8.19. The lowest BCUT2D eigenvalue weighted by atomic mass is 10.2. The Bertz CT molecular complexity index is 910. The van der Waals surface area contributed by atoms with Crippen LogP contribution in [0.1, 0.15) is 15.9 Å². The molecule has 2 aromatic carbocycles. The normalized spacial score (nSPS) is 12.0. The molecule has 134 valence electrons. The summed E-state index contributed by atoms with van der Waals surface area (Å²) in [7, 11) is -3.00. The molecule has 0 aliphatic rings. The standard InChI is InChI=1S/C15H12F3NO5S/c1-19-25(22,23)12-7-3-6-11(14(20)21)13(12)24-10-5-2-4-9(8-10)15(16,17)18/h2-8,19H,1H3,(H,20,21). The maximum atomic E-state index is 12.8. The summed E-state index contributed by atoms with van der Waals surface area (Å²) in [5.41, 5.74) is -1.52. The van der Waals surface area contributed by atoms with Crippen molar-refractivity contribution in [3.05, 3.63) is 53.6 Å². The van der Waals surface area contributed by atoms with E-state index in [1.165, 1.54) is 6.07 Å². The van der Waals surface area contributed by atoms with Gasteiger partial charge in [-0.3, -0.25) is 0 Å². The number of para-hydroxylation sites is 1. The van der Waals surface area contributed by atoms with Crippen LogP contribution >= 0.6 is 0 Å². The van der Waals surface area contributed by atoms with Gasteiger partial charge in [-0.25, -0.2) is 17.9 Å². The van der Waals surface area contributed by atoms with E-state index < -0.39 is 43.9 Å². The van der Waals surface area contributed by atoms with Gasteiger partial charge < -0.3 is 9.84 Å². The van der Waals surface area contributed by atoms with Crippen LogP contribution in [-0.4, -0.2) is 26.5 Å². The van der Waals surface area contributed by atoms with Gasteiger partial charge in [0.1, 0.15) is 16.2 Å². The summed E-state index contributed by atoms with van der Waals surface area (Å²) in [6.45, 7) is 0. The van der Waals surface area contributed by atoms with Crippen LogP contribution in [0.25, 0.3) is 0 Å². The van der Waals surface area contributed by atoms with Crippen molar-refractivity contribution in [2.45, 2.75) is 11.1 Å². The molecule has 0 heterocycles. The third-order valence-corrected chi connectivity index (χ3v) is 4.59. The Balaban J connectivity index is 2.61. The number of rotatable bonds is 5. The number of nitrogens with one attached hydrogen (secondary N) is 1. The molecular formula is C15H12F3NO5S. The lowest BCUT2D eigenvalue weighted by molar-refractivity contribution is -0.137. The van der Waals surface area contributed by atoms with Crippen molar-refractivity contribution in [2.75, 3.05) is 7.05 Å². The maximum absolute atomic E-state index is 12.8. The average Bonchev–Trinajstić information content (AvgIpc) is 2.54. The Kier molecular flexibility index (Phi) is 5.04. The summed E-state index contributed by atoms with van der Waals surface area (Å²) in [4.78, 5) is 10.8. The van der Waals surface area contributed by atoms with Crippen molar-refractivity contribution in [3.8, 4) is 11.5 Å². The quantitative estimate of drug-likeness (QED) is 0.838. The second-order valence-corrected chi connectivity index (χ2v) is 6.63. The van der Waals surface area contributed by atoms with Crippen molar-refractivity contribution in [1.82, 2.24) is 4.72 Å². The minimum atomic E-state index is -4.63. The van der Waals surface area contributed by atoms with E-state index in [9.17, 15) is 31.5 Å². The predicted molar refractivity (Wildman–Crippen MR) is 81.2 cm³/mol. The number of hydrogen-bond donors (Lipinski definition) is 2. The molecule has 0 radical (unpaired) electrons. The molecule has 0 spiro atoms. The van der Waals surface area contributed by atoms with E-state index in [0.717, 1.165) is 37.4 Å². The lowest BCUT2D eigenvalue weighted by Crippen LogP contribution is -2.20. The summed E-state index contributed by atoms with van der Waals surface area (Å²) in [6, 6.07) is 7.03. The molecular weight excluding hydrogens is 363 g/mol. The van der Waals surface area contributed by atoms with Gasteiger partial charge in [0.2, 0.25) is 10.0 Å². The Labute approximate surface area is 140 Å². The number of ether oxygens (including phenoxy) is 1. The Hall–Kier alpha value is -2.59. The fourth-order valence-corrected chi connectivity index (χ4v) is 2.84. The van der Waals surface area contributed by atoms with Gasteiger partial charge in [-0.15, -0.1) is 0 Å². The molecule has 0 aromatic heterocycles. The predicted octanol–water partition coefficient (Wildman–Crippen LogP) is 3.10. The number of carboxylic acids is 1. The van der Waals surface area contributed by atoms with E-state index in [1.807, 2.05) is 4.72 Å². The number of benzene rings is 2. The van der Waals surface area contributed by atoms with Crippen molar-refractivity contribution in [2.24, 2.45) is 0 Å². The summed E-state index contributed by atoms with van der Waals surface area (Å²) in [5, 5.41) is 9.22. The topological polar surface area (TPSA) is 92.7 Å². The van der Waals surface area contributed by atoms with Crippen LogP contribution in [0.2, 0.25) is 0 Å². The van der Waals surface area contributed by atoms with Crippen molar-refractivity contribution < 1.29 is 36.2 Å². The number of carboxylic acid groups (broad SMARTS) is 1. The highest BCUT2D eigenvalue weighted by atomic mass is 32.2. The van der Waals surface area contributed by atoms with Crippen molar-refractivity contribution in [1.29, 1.82) is 0 Å². The molecule has 0 atom stereocenters. The number of halogens is 3. The van der Waals surface area contributed by atoms with Crippen LogP contribution in [0.15, 0.2) is 47.4 Å². The van der Waals surface area contributed by atoms with Crippen molar-refractivity contribution in [3.63, 3.8) is 0 Å². The van der Waals surface area contributed by atoms with Crippen LogP contribution in [0.5, 0.6) is 11.5 Å². The van der Waals surface area contributed by atoms with E-state index in [2.05, 4.69) is 0 Å². The summed E-state index contributed by atoms with van der Waals surface area (Å²) in [6.07, 6.45) is -4.63. The average molecular weight is 375 g/mol. The molecule has 2 N–H and O–H groups in total. The van der Waals surface area contributed by atoms with E-state index in [4.69, 9.17) is 4.74 Å². The number of carbonyl (C=O) groups is 1. The van der Waals surface area contributed by atoms with Gasteiger partial charge in [-0.1, -0.05) is 12.1 Å². The molecule has 0 saturated heterocycles. The smallest absolute Gasteiger partial charge is 0.416 e. The van der Waals surface area contributed by atoms with E-state index in [1.54, 1.807) is 0 Å². The molecule has 0 unspecified atom stereocenters. The first-order valence-electron chi connectivity index (χ1n) is 6.71. The molecule has 0 bridgehead atoms. The van der Waals surface area contributed by atoms with Gasteiger partial charge in [-0.2, -0.15) is 13.2 Å². The highest BCUT2D eigenvalue weighted by molar-refractivity contribution is 7.89. The molecule has 0 fully saturated rings. The molecule has 2 aromatic rings. The molecule has 0 saturated carbocycles. The summed E-state index contributed by atoms with van der Waals surface area (Å²) in [5.74, 6) is -2.42. The van der Waals surface area contributed by atoms with Gasteiger partial charge in [0.05, 0.1) is 5.56 Å². The largest absolute Gasteiger partial charge is 0.478 e. The van der Waals surface area contributed by atoms with Crippen LogP contribution in [0.4, 0.5) is 13.2 Å². The Morgan fingerprint density at radius 3 is 2.36 bits per heavy atom. The van der Waals surface area contributed by atoms with Crippen LogP contribution in [0, 0.1) is 0 Å². The molecule has 0 amide bonds. The van der Waals surface area contributed by atoms with Gasteiger partial charge in [0.15, 0.2) is 5.75 Å². The molecule has 25 heavy (non-hydrogen) atoms. The highest BCUT2D eigenvalue weighted by Crippen LogP contribution is 2.36. The molecule has 10 heteroatoms. The maximum Gasteiger partial charge on any atom is 0.416 e. The SMILES string of the molecule is CNS(=O)(=O)c1cccc(C(=O)O)c1Oc1cccc(C(F)(F)F)c1. The number of hydrogen-bond acceptors (Lipinski definition) is 4. The minimum absolute atomic E-state index is 0.351. The Morgan fingerprint density at radius 1 is 1.16 bits per heavy atom. The van der Waals surface area contributed by atoms with Crippen LogP contribution in [0.3, 0.4) is 0 Å². The fourth-order valence-electron chi connectivity index (χ4n) is 1.96. The van der Waals surface area contributed by atoms with E-state index >= 15 is 0 Å². The fraction of sp³-hybridized carbons (Fsp3) is 0.133. The first-order chi connectivity index (χ1) is 11.6. The zero-order valence-corrected chi connectivity index (χ0v) is 13.5. The third-order valence-electron chi connectivity index (χ3n) is 3.15. The molecule has 2 rings (SSSR count). The van der Waals surface area contributed by atoms with E-state index in [-0.39, 0.29) is 5.75 Å². The van der Waals surface area contributed by atoms with Gasteiger partial charge in [0, 0.05) is 0 Å².